The third-order valence-corrected chi connectivity index (χ3v) is 5.16. The zero-order chi connectivity index (χ0) is 20.9. The number of rotatable bonds is 8. The summed E-state index contributed by atoms with van der Waals surface area (Å²) in [5.74, 6) is 2.00. The number of likely N-dealkylation sites (N-methyl/N-ethyl adjacent to an activating group) is 1. The van der Waals surface area contributed by atoms with Gasteiger partial charge in [0.05, 0.1) is 0 Å². The minimum Gasteiger partial charge on any atom is -0.486 e. The smallest absolute Gasteiger partial charge is 0.260 e. The summed E-state index contributed by atoms with van der Waals surface area (Å²) < 4.78 is 17.1. The number of hydrogen-bond acceptors (Lipinski definition) is 5. The van der Waals surface area contributed by atoms with Crippen molar-refractivity contribution < 1.29 is 23.8 Å². The van der Waals surface area contributed by atoms with Crippen LogP contribution < -0.4 is 19.5 Å². The van der Waals surface area contributed by atoms with Crippen LogP contribution in [0, 0.1) is 5.92 Å². The van der Waals surface area contributed by atoms with E-state index < -0.39 is 0 Å². The predicted molar refractivity (Wildman–Crippen MR) is 112 cm³/mol. The van der Waals surface area contributed by atoms with Crippen LogP contribution in [0.15, 0.2) is 42.5 Å². The molecule has 158 valence electrons. The molecule has 2 aromatic carbocycles. The van der Waals surface area contributed by atoms with Gasteiger partial charge in [0.1, 0.15) is 19.0 Å². The number of benzene rings is 2. The molecule has 4 rings (SSSR count). The Morgan fingerprint density at radius 2 is 1.93 bits per heavy atom. The molecule has 1 N–H and O–H groups in total. The van der Waals surface area contributed by atoms with Crippen molar-refractivity contribution in [1.29, 1.82) is 0 Å². The largest absolute Gasteiger partial charge is 0.486 e. The summed E-state index contributed by atoms with van der Waals surface area (Å²) in [6.45, 7) is 3.84. The van der Waals surface area contributed by atoms with E-state index in [9.17, 15) is 9.59 Å². The fourth-order valence-corrected chi connectivity index (χ4v) is 3.33. The molecule has 1 aliphatic carbocycles. The highest BCUT2D eigenvalue weighted by atomic mass is 16.6. The van der Waals surface area contributed by atoms with Gasteiger partial charge in [0.15, 0.2) is 18.1 Å². The number of nitrogens with one attached hydrogen (secondary N) is 1. The highest BCUT2D eigenvalue weighted by Gasteiger charge is 2.29. The molecule has 2 aromatic rings. The van der Waals surface area contributed by atoms with Gasteiger partial charge >= 0.3 is 0 Å². The van der Waals surface area contributed by atoms with Crippen LogP contribution in [0.4, 0.5) is 5.69 Å². The fourth-order valence-electron chi connectivity index (χ4n) is 3.33. The van der Waals surface area contributed by atoms with E-state index in [4.69, 9.17) is 14.2 Å². The first kappa shape index (κ1) is 20.1. The normalized spacial score (nSPS) is 14.7. The molecular weight excluding hydrogens is 384 g/mol. The van der Waals surface area contributed by atoms with Crippen molar-refractivity contribution in [3.63, 3.8) is 0 Å². The quantitative estimate of drug-likeness (QED) is 0.723. The van der Waals surface area contributed by atoms with Crippen LogP contribution in [-0.2, 0) is 16.1 Å². The molecule has 2 amide bonds. The van der Waals surface area contributed by atoms with Crippen LogP contribution in [-0.4, -0.2) is 43.1 Å². The number of ether oxygens (including phenoxy) is 3. The van der Waals surface area contributed by atoms with Gasteiger partial charge in [-0.15, -0.1) is 0 Å². The summed E-state index contributed by atoms with van der Waals surface area (Å²) in [5.41, 5.74) is 1.59. The van der Waals surface area contributed by atoms with Crippen molar-refractivity contribution >= 4 is 17.5 Å². The Hall–Kier alpha value is -3.22. The number of carbonyl (C=O) groups excluding carboxylic acids is 2. The van der Waals surface area contributed by atoms with Crippen LogP contribution in [0.25, 0.3) is 0 Å². The molecule has 1 heterocycles. The second-order valence-electron chi connectivity index (χ2n) is 7.43. The molecule has 1 aliphatic heterocycles. The molecule has 0 bridgehead atoms. The van der Waals surface area contributed by atoms with Crippen molar-refractivity contribution in [1.82, 2.24) is 4.90 Å². The standard InChI is InChI=1S/C23H26N2O5/c1-2-25(14-17-5-3-8-20-22(17)29-12-11-28-20)21(26)15-30-19-7-4-6-18(13-19)24-23(27)16-9-10-16/h3-8,13,16H,2,9-12,14-15H2,1H3,(H,24,27). The molecular formula is C23H26N2O5. The Labute approximate surface area is 175 Å². The van der Waals surface area contributed by atoms with E-state index in [0.717, 1.165) is 18.4 Å². The van der Waals surface area contributed by atoms with Crippen molar-refractivity contribution in [3.8, 4) is 17.2 Å². The lowest BCUT2D eigenvalue weighted by Crippen LogP contribution is -2.34. The monoisotopic (exact) mass is 410 g/mol. The van der Waals surface area contributed by atoms with E-state index in [-0.39, 0.29) is 24.3 Å². The van der Waals surface area contributed by atoms with E-state index >= 15 is 0 Å². The minimum atomic E-state index is -0.126. The first-order valence-electron chi connectivity index (χ1n) is 10.3. The van der Waals surface area contributed by atoms with Gasteiger partial charge in [0, 0.05) is 36.3 Å². The highest BCUT2D eigenvalue weighted by molar-refractivity contribution is 5.94. The van der Waals surface area contributed by atoms with Crippen LogP contribution in [0.5, 0.6) is 17.2 Å². The van der Waals surface area contributed by atoms with Gasteiger partial charge in [0.25, 0.3) is 5.91 Å². The van der Waals surface area contributed by atoms with E-state index in [1.165, 1.54) is 0 Å². The van der Waals surface area contributed by atoms with Gasteiger partial charge in [-0.3, -0.25) is 9.59 Å². The second-order valence-corrected chi connectivity index (χ2v) is 7.43. The number of nitrogens with zero attached hydrogens (tertiary/aromatic N) is 1. The Kier molecular flexibility index (Phi) is 6.07. The summed E-state index contributed by atoms with van der Waals surface area (Å²) in [6, 6.07) is 12.8. The molecule has 0 saturated heterocycles. The van der Waals surface area contributed by atoms with Gasteiger partial charge in [-0.05, 0) is 38.0 Å². The lowest BCUT2D eigenvalue weighted by Gasteiger charge is -2.25. The summed E-state index contributed by atoms with van der Waals surface area (Å²) in [4.78, 5) is 26.4. The van der Waals surface area contributed by atoms with Crippen LogP contribution in [0.3, 0.4) is 0 Å². The topological polar surface area (TPSA) is 77.1 Å². The molecule has 0 spiro atoms. The molecule has 2 aliphatic rings. The van der Waals surface area contributed by atoms with Crippen molar-refractivity contribution in [2.24, 2.45) is 5.92 Å². The number of para-hydroxylation sites is 1. The van der Waals surface area contributed by atoms with E-state index in [0.29, 0.717) is 49.2 Å². The number of fused-ring (bicyclic) bond motifs is 1. The maximum absolute atomic E-state index is 12.7. The molecule has 0 radical (unpaired) electrons. The minimum absolute atomic E-state index is 0.0396. The maximum Gasteiger partial charge on any atom is 0.260 e. The molecule has 1 saturated carbocycles. The second kappa shape index (κ2) is 9.07. The van der Waals surface area contributed by atoms with Crippen LogP contribution in [0.2, 0.25) is 0 Å². The lowest BCUT2D eigenvalue weighted by molar-refractivity contribution is -0.133. The number of carbonyl (C=O) groups is 2. The molecule has 0 unspecified atom stereocenters. The molecule has 0 aromatic heterocycles. The van der Waals surface area contributed by atoms with Gasteiger partial charge < -0.3 is 24.4 Å². The summed E-state index contributed by atoms with van der Waals surface area (Å²) in [7, 11) is 0. The molecule has 7 nitrogen and oxygen atoms in total. The van der Waals surface area contributed by atoms with Crippen molar-refractivity contribution in [2.45, 2.75) is 26.3 Å². The summed E-state index contributed by atoms with van der Waals surface area (Å²) >= 11 is 0. The molecule has 7 heteroatoms. The summed E-state index contributed by atoms with van der Waals surface area (Å²) in [5, 5.41) is 2.89. The van der Waals surface area contributed by atoms with Crippen molar-refractivity contribution in [3.05, 3.63) is 48.0 Å². The Bertz CT molecular complexity index is 926. The number of hydrogen-bond donors (Lipinski definition) is 1. The van der Waals surface area contributed by atoms with E-state index in [1.54, 1.807) is 23.1 Å². The zero-order valence-electron chi connectivity index (χ0n) is 17.1. The van der Waals surface area contributed by atoms with Crippen LogP contribution in [0.1, 0.15) is 25.3 Å². The summed E-state index contributed by atoms with van der Waals surface area (Å²) in [6.07, 6.45) is 1.90. The third kappa shape index (κ3) is 4.84. The zero-order valence-corrected chi connectivity index (χ0v) is 17.1. The SMILES string of the molecule is CCN(Cc1cccc2c1OCCO2)C(=O)COc1cccc(NC(=O)C2CC2)c1. The average Bonchev–Trinajstić information content (AvgIpc) is 3.62. The van der Waals surface area contributed by atoms with E-state index in [1.807, 2.05) is 31.2 Å². The molecule has 1 fully saturated rings. The maximum atomic E-state index is 12.7. The number of amides is 2. The predicted octanol–water partition coefficient (Wildman–Crippen LogP) is 3.23. The highest BCUT2D eigenvalue weighted by Crippen LogP contribution is 2.34. The Balaban J connectivity index is 1.35. The van der Waals surface area contributed by atoms with Crippen molar-refractivity contribution in [2.75, 3.05) is 31.7 Å². The lowest BCUT2D eigenvalue weighted by atomic mass is 10.1. The fraction of sp³-hybridized carbons (Fsp3) is 0.391. The first-order valence-corrected chi connectivity index (χ1v) is 10.3. The van der Waals surface area contributed by atoms with Gasteiger partial charge in [-0.2, -0.15) is 0 Å². The average molecular weight is 410 g/mol. The number of anilines is 1. The molecule has 0 atom stereocenters. The third-order valence-electron chi connectivity index (χ3n) is 5.16. The van der Waals surface area contributed by atoms with Crippen LogP contribution >= 0.6 is 0 Å². The van der Waals surface area contributed by atoms with Gasteiger partial charge in [-0.1, -0.05) is 18.2 Å². The Morgan fingerprint density at radius 1 is 1.13 bits per heavy atom. The van der Waals surface area contributed by atoms with E-state index in [2.05, 4.69) is 5.32 Å². The van der Waals surface area contributed by atoms with Gasteiger partial charge in [-0.25, -0.2) is 0 Å². The van der Waals surface area contributed by atoms with Gasteiger partial charge in [0.2, 0.25) is 5.91 Å². The Morgan fingerprint density at radius 3 is 2.73 bits per heavy atom. The molecule has 30 heavy (non-hydrogen) atoms. The first-order chi connectivity index (χ1) is 14.6.